The maximum Gasteiger partial charge on any atom is 0.343 e. The normalized spacial score (nSPS) is 14.6. The minimum atomic E-state index is -0.881. The molecule has 3 rings (SSSR count). The second kappa shape index (κ2) is 10.9. The zero-order chi connectivity index (χ0) is 25.7. The summed E-state index contributed by atoms with van der Waals surface area (Å²) in [4.78, 5) is 50.6. The Kier molecular flexibility index (Phi) is 7.93. The minimum absolute atomic E-state index is 0.220. The number of hydrogen-bond acceptors (Lipinski definition) is 7. The zero-order valence-electron chi connectivity index (χ0n) is 19.3. The molecule has 1 fully saturated rings. The molecule has 0 atom stereocenters. The quantitative estimate of drug-likeness (QED) is 0.256. The molecule has 1 aliphatic rings. The van der Waals surface area contributed by atoms with E-state index in [9.17, 15) is 19.2 Å². The van der Waals surface area contributed by atoms with Gasteiger partial charge in [0, 0.05) is 10.6 Å². The summed E-state index contributed by atoms with van der Waals surface area (Å²) in [5.41, 5.74) is 1.74. The molecule has 0 radical (unpaired) electrons. The fourth-order valence-corrected chi connectivity index (χ4v) is 3.53. The molecule has 4 amide bonds. The Hall–Kier alpha value is -4.11. The van der Waals surface area contributed by atoms with Crippen molar-refractivity contribution in [3.63, 3.8) is 0 Å². The highest BCUT2D eigenvalue weighted by Gasteiger charge is 2.37. The van der Waals surface area contributed by atoms with E-state index in [0.717, 1.165) is 10.5 Å². The Morgan fingerprint density at radius 2 is 1.91 bits per heavy atom. The molecule has 182 valence electrons. The third kappa shape index (κ3) is 5.52. The van der Waals surface area contributed by atoms with Crippen LogP contribution in [0.15, 0.2) is 48.6 Å². The van der Waals surface area contributed by atoms with E-state index in [2.05, 4.69) is 16.6 Å². The number of esters is 1. The third-order valence-corrected chi connectivity index (χ3v) is 5.53. The molecule has 0 spiro atoms. The molecule has 1 N–H and O–H groups in total. The average molecular weight is 499 g/mol. The van der Waals surface area contributed by atoms with Gasteiger partial charge in [-0.2, -0.15) is 0 Å². The number of carbonyl (C=O) groups is 4. The number of methoxy groups -OCH3 is 2. The number of anilines is 1. The first-order chi connectivity index (χ1) is 16.7. The molecule has 1 heterocycles. The van der Waals surface area contributed by atoms with Gasteiger partial charge in [-0.25, -0.2) is 14.5 Å². The van der Waals surface area contributed by atoms with Crippen LogP contribution in [-0.4, -0.2) is 44.6 Å². The minimum Gasteiger partial charge on any atom is -0.493 e. The number of amides is 4. The monoisotopic (exact) mass is 498 g/mol. The van der Waals surface area contributed by atoms with E-state index in [1.807, 2.05) is 0 Å². The molecule has 0 aliphatic carbocycles. The van der Waals surface area contributed by atoms with Crippen LogP contribution in [-0.2, 0) is 25.5 Å². The molecule has 0 saturated carbocycles. The lowest BCUT2D eigenvalue weighted by Gasteiger charge is -2.26. The van der Waals surface area contributed by atoms with E-state index < -0.39 is 23.8 Å². The maximum absolute atomic E-state index is 13.2. The molecule has 0 unspecified atom stereocenters. The highest BCUT2D eigenvalue weighted by Crippen LogP contribution is 2.35. The van der Waals surface area contributed by atoms with Crippen LogP contribution in [0.1, 0.15) is 16.7 Å². The first-order valence-corrected chi connectivity index (χ1v) is 10.8. The van der Waals surface area contributed by atoms with Gasteiger partial charge >= 0.3 is 12.0 Å². The van der Waals surface area contributed by atoms with Crippen molar-refractivity contribution in [1.82, 2.24) is 5.32 Å². The average Bonchev–Trinajstić information content (AvgIpc) is 2.82. The van der Waals surface area contributed by atoms with Gasteiger partial charge in [0.2, 0.25) is 0 Å². The second-order valence-electron chi connectivity index (χ2n) is 7.46. The van der Waals surface area contributed by atoms with Crippen LogP contribution in [0.5, 0.6) is 11.5 Å². The number of carbonyl (C=O) groups excluding carboxylic acids is 4. The molecule has 1 aliphatic heterocycles. The number of benzene rings is 2. The second-order valence-corrected chi connectivity index (χ2v) is 7.87. The number of barbiturate groups is 1. The number of nitrogens with one attached hydrogen (secondary N) is 1. The molecule has 10 heteroatoms. The number of nitrogens with zero attached hydrogens (tertiary/aromatic N) is 1. The van der Waals surface area contributed by atoms with E-state index in [-0.39, 0.29) is 23.6 Å². The summed E-state index contributed by atoms with van der Waals surface area (Å²) in [6.45, 7) is 5.17. The number of urea groups is 1. The Labute approximate surface area is 206 Å². The first kappa shape index (κ1) is 25.5. The van der Waals surface area contributed by atoms with Crippen LogP contribution >= 0.6 is 11.6 Å². The van der Waals surface area contributed by atoms with Gasteiger partial charge in [-0.15, -0.1) is 6.58 Å². The summed E-state index contributed by atoms with van der Waals surface area (Å²) in [7, 11) is 2.66. The fraction of sp³-hybridized carbons (Fsp3) is 0.200. The fourth-order valence-electron chi connectivity index (χ4n) is 3.36. The van der Waals surface area contributed by atoms with Crippen molar-refractivity contribution in [3.8, 4) is 11.5 Å². The van der Waals surface area contributed by atoms with Crippen molar-refractivity contribution in [2.45, 2.75) is 13.3 Å². The summed E-state index contributed by atoms with van der Waals surface area (Å²) < 4.78 is 15.6. The zero-order valence-corrected chi connectivity index (χ0v) is 20.1. The van der Waals surface area contributed by atoms with Crippen molar-refractivity contribution in [1.29, 1.82) is 0 Å². The Morgan fingerprint density at radius 3 is 2.54 bits per heavy atom. The first-order valence-electron chi connectivity index (χ1n) is 10.4. The molecule has 2 aromatic rings. The van der Waals surface area contributed by atoms with Gasteiger partial charge in [0.25, 0.3) is 11.8 Å². The summed E-state index contributed by atoms with van der Waals surface area (Å²) in [5, 5.41) is 2.54. The van der Waals surface area contributed by atoms with Crippen LogP contribution in [0.2, 0.25) is 5.02 Å². The number of imide groups is 2. The Morgan fingerprint density at radius 1 is 1.17 bits per heavy atom. The number of hydrogen-bond donors (Lipinski definition) is 1. The molecular weight excluding hydrogens is 476 g/mol. The smallest absolute Gasteiger partial charge is 0.343 e. The largest absolute Gasteiger partial charge is 0.493 e. The lowest BCUT2D eigenvalue weighted by atomic mass is 10.0. The van der Waals surface area contributed by atoms with Crippen LogP contribution < -0.4 is 19.7 Å². The summed E-state index contributed by atoms with van der Waals surface area (Å²) in [5.74, 6) is -1.67. The van der Waals surface area contributed by atoms with Crippen molar-refractivity contribution in [2.75, 3.05) is 25.7 Å². The van der Waals surface area contributed by atoms with E-state index in [1.54, 1.807) is 31.2 Å². The standard InChI is InChI=1S/C25H23ClN2O7/c1-5-6-16-9-15(11-20(33-3)22(16)35-13-21(29)34-4)10-18-23(30)27-25(32)28(24(18)31)17-8-7-14(2)19(26)12-17/h5,7-12H,1,6,13H2,2-4H3,(H,27,30,32)/b18-10-. The van der Waals surface area contributed by atoms with Crippen molar-refractivity contribution in [3.05, 3.63) is 70.3 Å². The van der Waals surface area contributed by atoms with Gasteiger partial charge in [-0.1, -0.05) is 23.7 Å². The van der Waals surface area contributed by atoms with Gasteiger partial charge in [0.1, 0.15) is 5.57 Å². The van der Waals surface area contributed by atoms with E-state index in [4.69, 9.17) is 21.1 Å². The highest BCUT2D eigenvalue weighted by molar-refractivity contribution is 6.39. The third-order valence-electron chi connectivity index (χ3n) is 5.13. The molecule has 0 bridgehead atoms. The van der Waals surface area contributed by atoms with Gasteiger partial charge < -0.3 is 14.2 Å². The predicted octanol–water partition coefficient (Wildman–Crippen LogP) is 3.60. The Bertz CT molecular complexity index is 1250. The number of allylic oxidation sites excluding steroid dienone is 1. The van der Waals surface area contributed by atoms with E-state index in [0.29, 0.717) is 28.3 Å². The van der Waals surface area contributed by atoms with Crippen LogP contribution in [0, 0.1) is 6.92 Å². The van der Waals surface area contributed by atoms with Gasteiger partial charge in [0.15, 0.2) is 18.1 Å². The molecule has 0 aromatic heterocycles. The predicted molar refractivity (Wildman–Crippen MR) is 130 cm³/mol. The SMILES string of the molecule is C=CCc1cc(/C=C2/C(=O)NC(=O)N(c3ccc(C)c(Cl)c3)C2=O)cc(OC)c1OCC(=O)OC. The molecular formula is C25H23ClN2O7. The number of ether oxygens (including phenoxy) is 3. The summed E-state index contributed by atoms with van der Waals surface area (Å²) >= 11 is 6.16. The van der Waals surface area contributed by atoms with Crippen LogP contribution in [0.3, 0.4) is 0 Å². The molecule has 2 aromatic carbocycles. The number of aryl methyl sites for hydroxylation is 1. The van der Waals surface area contributed by atoms with Gasteiger partial charge in [0.05, 0.1) is 19.9 Å². The van der Waals surface area contributed by atoms with E-state index >= 15 is 0 Å². The Balaban J connectivity index is 2.04. The van der Waals surface area contributed by atoms with Gasteiger partial charge in [-0.3, -0.25) is 14.9 Å². The van der Waals surface area contributed by atoms with Crippen molar-refractivity contribution in [2.24, 2.45) is 0 Å². The highest BCUT2D eigenvalue weighted by atomic mass is 35.5. The summed E-state index contributed by atoms with van der Waals surface area (Å²) in [6, 6.07) is 7.01. The van der Waals surface area contributed by atoms with Crippen LogP contribution in [0.25, 0.3) is 6.08 Å². The van der Waals surface area contributed by atoms with Gasteiger partial charge in [-0.05, 0) is 54.8 Å². The lowest BCUT2D eigenvalue weighted by Crippen LogP contribution is -2.54. The molecule has 1 saturated heterocycles. The lowest BCUT2D eigenvalue weighted by molar-refractivity contribution is -0.143. The molecule has 9 nitrogen and oxygen atoms in total. The molecule has 35 heavy (non-hydrogen) atoms. The maximum atomic E-state index is 13.2. The topological polar surface area (TPSA) is 111 Å². The number of rotatable bonds is 8. The van der Waals surface area contributed by atoms with Crippen LogP contribution in [0.4, 0.5) is 10.5 Å². The van der Waals surface area contributed by atoms with E-state index in [1.165, 1.54) is 32.4 Å². The van der Waals surface area contributed by atoms with Crippen molar-refractivity contribution >= 4 is 47.2 Å². The number of halogens is 1. The summed E-state index contributed by atoms with van der Waals surface area (Å²) in [6.07, 6.45) is 3.30. The van der Waals surface area contributed by atoms with Crippen molar-refractivity contribution < 1.29 is 33.4 Å².